The zero-order valence-corrected chi connectivity index (χ0v) is 2.57. The standard InChI is InChI=1S/C3H3FO.Ca.2H/c1-2-3(4)5;;;/h2H,1H2;;;. The van der Waals surface area contributed by atoms with Gasteiger partial charge in [0.15, 0.2) is 0 Å². The van der Waals surface area contributed by atoms with Gasteiger partial charge in [0.2, 0.25) is 0 Å². The molecule has 0 saturated heterocycles. The van der Waals surface area contributed by atoms with Crippen LogP contribution in [0.2, 0.25) is 0 Å². The summed E-state index contributed by atoms with van der Waals surface area (Å²) in [5.74, 6) is 0. The van der Waals surface area contributed by atoms with Gasteiger partial charge in [0.25, 0.3) is 0 Å². The summed E-state index contributed by atoms with van der Waals surface area (Å²) < 4.78 is 10.7. The maximum atomic E-state index is 10.7. The Kier molecular flexibility index (Phi) is 9.13. The van der Waals surface area contributed by atoms with Crippen molar-refractivity contribution in [2.75, 3.05) is 0 Å². The molecule has 0 aliphatic heterocycles. The molecule has 0 aromatic carbocycles. The van der Waals surface area contributed by atoms with Gasteiger partial charge in [0.1, 0.15) is 0 Å². The molecule has 6 heavy (non-hydrogen) atoms. The summed E-state index contributed by atoms with van der Waals surface area (Å²) in [4.78, 5) is 9.03. The Bertz CT molecular complexity index is 61.8. The molecule has 0 amide bonds. The molecule has 0 heterocycles. The Morgan fingerprint density at radius 3 is 2.00 bits per heavy atom. The van der Waals surface area contributed by atoms with Crippen LogP contribution in [-0.4, -0.2) is 43.8 Å². The molecule has 0 aromatic rings. The van der Waals surface area contributed by atoms with Gasteiger partial charge in [0, 0.05) is 6.08 Å². The van der Waals surface area contributed by atoms with E-state index in [1.165, 1.54) is 0 Å². The van der Waals surface area contributed by atoms with Gasteiger partial charge in [0.05, 0.1) is 0 Å². The first-order valence-electron chi connectivity index (χ1n) is 1.09. The summed E-state index contributed by atoms with van der Waals surface area (Å²) in [5, 5.41) is 0. The van der Waals surface area contributed by atoms with E-state index in [4.69, 9.17) is 4.79 Å². The van der Waals surface area contributed by atoms with Crippen LogP contribution in [0.3, 0.4) is 0 Å². The van der Waals surface area contributed by atoms with Crippen molar-refractivity contribution in [3.63, 3.8) is 0 Å². The molecule has 0 fully saturated rings. The molecule has 0 N–H and O–H groups in total. The Hall–Kier alpha value is 0.600. The number of allylic oxidation sites excluding steroid dienone is 1. The molecule has 1 nitrogen and oxygen atoms in total. The predicted octanol–water partition coefficient (Wildman–Crippen LogP) is -0.248. The molecule has 0 aliphatic carbocycles. The van der Waals surface area contributed by atoms with E-state index >= 15 is 0 Å². The summed E-state index contributed by atoms with van der Waals surface area (Å²) in [5.41, 5.74) is 0. The first kappa shape index (κ1) is 9.78. The third-order valence-electron chi connectivity index (χ3n) is 0.160. The summed E-state index contributed by atoms with van der Waals surface area (Å²) in [7, 11) is 0. The van der Waals surface area contributed by atoms with E-state index in [0.717, 1.165) is 0 Å². The van der Waals surface area contributed by atoms with E-state index in [9.17, 15) is 4.39 Å². The van der Waals surface area contributed by atoms with Crippen LogP contribution in [0.25, 0.3) is 0 Å². The fourth-order valence-corrected chi connectivity index (χ4v) is 0. The van der Waals surface area contributed by atoms with Gasteiger partial charge in [-0.25, -0.2) is 0 Å². The zero-order valence-electron chi connectivity index (χ0n) is 2.57. The predicted molar refractivity (Wildman–Crippen MR) is 24.9 cm³/mol. The van der Waals surface area contributed by atoms with E-state index in [2.05, 4.69) is 6.58 Å². The Labute approximate surface area is 65.2 Å². The van der Waals surface area contributed by atoms with Crippen molar-refractivity contribution in [1.82, 2.24) is 0 Å². The number of hydrogen-bond acceptors (Lipinski definition) is 1. The summed E-state index contributed by atoms with van der Waals surface area (Å²) in [6.07, 6.45) is 0.611. The average molecular weight is 116 g/mol. The van der Waals surface area contributed by atoms with Crippen molar-refractivity contribution in [1.29, 1.82) is 0 Å². The van der Waals surface area contributed by atoms with Crippen LogP contribution in [0.5, 0.6) is 0 Å². The quantitative estimate of drug-likeness (QED) is 0.262. The fourth-order valence-electron chi connectivity index (χ4n) is 0. The molecule has 0 bridgehead atoms. The second kappa shape index (κ2) is 5.60. The molecule has 0 radical (unpaired) electrons. The van der Waals surface area contributed by atoms with Crippen molar-refractivity contribution in [2.45, 2.75) is 0 Å². The van der Waals surface area contributed by atoms with Gasteiger partial charge in [-0.3, -0.25) is 4.79 Å². The second-order valence-electron chi connectivity index (χ2n) is 0.508. The molecule has 0 unspecified atom stereocenters. The second-order valence-corrected chi connectivity index (χ2v) is 0.508. The van der Waals surface area contributed by atoms with Crippen LogP contribution in [0.4, 0.5) is 4.39 Å². The molecule has 0 spiro atoms. The topological polar surface area (TPSA) is 17.1 Å². The zero-order chi connectivity index (χ0) is 4.28. The molecule has 0 rings (SSSR count). The van der Waals surface area contributed by atoms with Crippen molar-refractivity contribution < 1.29 is 9.18 Å². The molecule has 0 saturated carbocycles. The summed E-state index contributed by atoms with van der Waals surface area (Å²) >= 11 is 0. The minimum atomic E-state index is -1.48. The third-order valence-corrected chi connectivity index (χ3v) is 0.160. The van der Waals surface area contributed by atoms with E-state index in [1.807, 2.05) is 0 Å². The molecule has 32 valence electrons. The third kappa shape index (κ3) is 8.82. The van der Waals surface area contributed by atoms with Gasteiger partial charge in [-0.05, 0) is 0 Å². The number of carbonyl (C=O) groups excluding carboxylic acids is 1. The number of rotatable bonds is 1. The maximum absolute atomic E-state index is 10.7. The van der Waals surface area contributed by atoms with E-state index in [0.29, 0.717) is 6.08 Å². The monoisotopic (exact) mass is 116 g/mol. The Balaban J connectivity index is 0. The summed E-state index contributed by atoms with van der Waals surface area (Å²) in [6.45, 7) is 2.84. The molecular formula is C3H5CaFO. The summed E-state index contributed by atoms with van der Waals surface area (Å²) in [6, 6.07) is -1.48. The normalized spacial score (nSPS) is 5.50. The van der Waals surface area contributed by atoms with E-state index in [-0.39, 0.29) is 37.7 Å². The van der Waals surface area contributed by atoms with Crippen LogP contribution in [0.15, 0.2) is 12.7 Å². The Morgan fingerprint density at radius 1 is 1.83 bits per heavy atom. The fraction of sp³-hybridized carbons (Fsp3) is 0. The Morgan fingerprint density at radius 2 is 2.00 bits per heavy atom. The minimum absolute atomic E-state index is 0. The van der Waals surface area contributed by atoms with Crippen molar-refractivity contribution in [2.24, 2.45) is 0 Å². The van der Waals surface area contributed by atoms with Crippen LogP contribution in [-0.2, 0) is 4.79 Å². The molecule has 0 aliphatic rings. The first-order valence-corrected chi connectivity index (χ1v) is 1.09. The van der Waals surface area contributed by atoms with Crippen molar-refractivity contribution in [3.05, 3.63) is 12.7 Å². The van der Waals surface area contributed by atoms with Crippen LogP contribution in [0.1, 0.15) is 0 Å². The van der Waals surface area contributed by atoms with Crippen LogP contribution < -0.4 is 0 Å². The number of hydrogen-bond donors (Lipinski definition) is 0. The average Bonchev–Trinajstić information content (AvgIpc) is 1.38. The molecule has 3 heteroatoms. The van der Waals surface area contributed by atoms with Crippen molar-refractivity contribution >= 4 is 43.8 Å². The van der Waals surface area contributed by atoms with E-state index in [1.54, 1.807) is 0 Å². The van der Waals surface area contributed by atoms with Crippen LogP contribution >= 0.6 is 0 Å². The number of carbonyl (C=O) groups is 1. The van der Waals surface area contributed by atoms with Gasteiger partial charge in [-0.15, -0.1) is 0 Å². The molecule has 0 aromatic heterocycles. The number of halogens is 1. The van der Waals surface area contributed by atoms with Crippen molar-refractivity contribution in [3.8, 4) is 0 Å². The van der Waals surface area contributed by atoms with Gasteiger partial charge in [-0.1, -0.05) is 6.58 Å². The van der Waals surface area contributed by atoms with Gasteiger partial charge >= 0.3 is 43.8 Å². The molecule has 0 atom stereocenters. The SMILES string of the molecule is C=CC(=O)F.[CaH2]. The van der Waals surface area contributed by atoms with Crippen LogP contribution in [0, 0.1) is 0 Å². The molecular weight excluding hydrogens is 111 g/mol. The van der Waals surface area contributed by atoms with E-state index < -0.39 is 6.04 Å². The van der Waals surface area contributed by atoms with Gasteiger partial charge < -0.3 is 0 Å². The van der Waals surface area contributed by atoms with Gasteiger partial charge in [-0.2, -0.15) is 4.39 Å². The first-order chi connectivity index (χ1) is 2.27.